The minimum Gasteiger partial charge on any atom is -0.350 e. The fourth-order valence-corrected chi connectivity index (χ4v) is 3.85. The first-order chi connectivity index (χ1) is 12.2. The number of nitrogens with one attached hydrogen (secondary N) is 1. The van der Waals surface area contributed by atoms with Crippen molar-refractivity contribution in [3.8, 4) is 0 Å². The van der Waals surface area contributed by atoms with Crippen LogP contribution in [0.2, 0.25) is 0 Å². The molecule has 0 atom stereocenters. The number of hydrogen-bond acceptors (Lipinski definition) is 6. The Balaban J connectivity index is 1.63. The van der Waals surface area contributed by atoms with E-state index < -0.39 is 0 Å². The number of anilines is 1. The summed E-state index contributed by atoms with van der Waals surface area (Å²) in [6.45, 7) is 4.18. The second kappa shape index (κ2) is 6.76. The zero-order chi connectivity index (χ0) is 17.2. The summed E-state index contributed by atoms with van der Waals surface area (Å²) in [4.78, 5) is 28.1. The SMILES string of the molecule is Cc1ncccc1CNc1nc(C(=O)N2CCCC2)c2sccc2n1. The summed E-state index contributed by atoms with van der Waals surface area (Å²) >= 11 is 1.52. The molecular weight excluding hydrogens is 334 g/mol. The number of fused-ring (bicyclic) bond motifs is 1. The molecular formula is C18H19N5OS. The van der Waals surface area contributed by atoms with Gasteiger partial charge in [-0.15, -0.1) is 11.3 Å². The zero-order valence-corrected chi connectivity index (χ0v) is 14.8. The van der Waals surface area contributed by atoms with E-state index in [1.807, 2.05) is 35.4 Å². The standard InChI is InChI=1S/C18H19N5OS/c1-12-13(5-4-7-19-12)11-20-18-21-14-6-10-25-16(14)15(22-18)17(24)23-8-2-3-9-23/h4-7,10H,2-3,8-9,11H2,1H3,(H,20,21,22). The second-order valence-corrected chi connectivity index (χ2v) is 7.05. The summed E-state index contributed by atoms with van der Waals surface area (Å²) < 4.78 is 0.861. The van der Waals surface area contributed by atoms with Gasteiger partial charge in [-0.3, -0.25) is 9.78 Å². The lowest BCUT2D eigenvalue weighted by atomic mass is 10.2. The summed E-state index contributed by atoms with van der Waals surface area (Å²) in [6, 6.07) is 5.87. The van der Waals surface area contributed by atoms with Crippen LogP contribution in [-0.4, -0.2) is 38.8 Å². The lowest BCUT2D eigenvalue weighted by Gasteiger charge is -2.15. The Labute approximate surface area is 149 Å². The van der Waals surface area contributed by atoms with Gasteiger partial charge in [0.15, 0.2) is 5.69 Å². The van der Waals surface area contributed by atoms with Crippen molar-refractivity contribution in [1.82, 2.24) is 19.9 Å². The first kappa shape index (κ1) is 16.0. The molecule has 0 radical (unpaired) electrons. The van der Waals surface area contributed by atoms with E-state index in [0.717, 1.165) is 47.4 Å². The summed E-state index contributed by atoms with van der Waals surface area (Å²) in [5.74, 6) is 0.490. The molecule has 25 heavy (non-hydrogen) atoms. The van der Waals surface area contributed by atoms with Gasteiger partial charge in [-0.2, -0.15) is 0 Å². The predicted octanol–water partition coefficient (Wildman–Crippen LogP) is 3.24. The van der Waals surface area contributed by atoms with Crippen LogP contribution in [0.15, 0.2) is 29.8 Å². The number of carbonyl (C=O) groups excluding carboxylic acids is 1. The van der Waals surface area contributed by atoms with Crippen molar-refractivity contribution in [3.63, 3.8) is 0 Å². The fraction of sp³-hybridized carbons (Fsp3) is 0.333. The molecule has 7 heteroatoms. The Kier molecular flexibility index (Phi) is 4.31. The van der Waals surface area contributed by atoms with Crippen molar-refractivity contribution in [3.05, 3.63) is 46.7 Å². The van der Waals surface area contributed by atoms with Crippen LogP contribution in [-0.2, 0) is 6.54 Å². The molecule has 1 aliphatic rings. The van der Waals surface area contributed by atoms with Crippen molar-refractivity contribution in [2.45, 2.75) is 26.3 Å². The van der Waals surface area contributed by atoms with Crippen molar-refractivity contribution in [2.75, 3.05) is 18.4 Å². The van der Waals surface area contributed by atoms with Crippen molar-refractivity contribution < 1.29 is 4.79 Å². The van der Waals surface area contributed by atoms with Crippen LogP contribution in [0.5, 0.6) is 0 Å². The summed E-state index contributed by atoms with van der Waals surface area (Å²) in [5, 5.41) is 5.19. The highest BCUT2D eigenvalue weighted by Crippen LogP contribution is 2.26. The van der Waals surface area contributed by atoms with Gasteiger partial charge in [0.1, 0.15) is 0 Å². The summed E-state index contributed by atoms with van der Waals surface area (Å²) in [7, 11) is 0. The number of amides is 1. The van der Waals surface area contributed by atoms with Gasteiger partial charge in [0.2, 0.25) is 5.95 Å². The number of pyridine rings is 1. The van der Waals surface area contributed by atoms with Gasteiger partial charge in [0.25, 0.3) is 5.91 Å². The first-order valence-electron chi connectivity index (χ1n) is 8.41. The summed E-state index contributed by atoms with van der Waals surface area (Å²) in [6.07, 6.45) is 3.91. The first-order valence-corrected chi connectivity index (χ1v) is 9.29. The number of aryl methyl sites for hydroxylation is 1. The van der Waals surface area contributed by atoms with Gasteiger partial charge < -0.3 is 10.2 Å². The van der Waals surface area contributed by atoms with E-state index in [4.69, 9.17) is 0 Å². The van der Waals surface area contributed by atoms with E-state index in [0.29, 0.717) is 18.2 Å². The van der Waals surface area contributed by atoms with E-state index in [1.54, 1.807) is 6.20 Å². The Hall–Kier alpha value is -2.54. The third-order valence-electron chi connectivity index (χ3n) is 4.45. The van der Waals surface area contributed by atoms with Crippen LogP contribution in [0.1, 0.15) is 34.6 Å². The quantitative estimate of drug-likeness (QED) is 0.780. The molecule has 0 spiro atoms. The molecule has 1 fully saturated rings. The van der Waals surface area contributed by atoms with Gasteiger partial charge in [0.05, 0.1) is 10.2 Å². The number of thiophene rings is 1. The highest BCUT2D eigenvalue weighted by atomic mass is 32.1. The Bertz CT molecular complexity index is 917. The maximum Gasteiger partial charge on any atom is 0.274 e. The van der Waals surface area contributed by atoms with Crippen molar-refractivity contribution >= 4 is 33.4 Å². The molecule has 3 aromatic heterocycles. The van der Waals surface area contributed by atoms with Crippen LogP contribution in [0.4, 0.5) is 5.95 Å². The lowest BCUT2D eigenvalue weighted by molar-refractivity contribution is 0.0789. The second-order valence-electron chi connectivity index (χ2n) is 6.13. The largest absolute Gasteiger partial charge is 0.350 e. The highest BCUT2D eigenvalue weighted by molar-refractivity contribution is 7.17. The van der Waals surface area contributed by atoms with Gasteiger partial charge in [-0.25, -0.2) is 9.97 Å². The molecule has 3 aromatic rings. The predicted molar refractivity (Wildman–Crippen MR) is 98.9 cm³/mol. The summed E-state index contributed by atoms with van der Waals surface area (Å²) in [5.41, 5.74) is 3.38. The maximum atomic E-state index is 12.8. The third-order valence-corrected chi connectivity index (χ3v) is 5.36. The van der Waals surface area contributed by atoms with Gasteiger partial charge in [-0.1, -0.05) is 6.07 Å². The molecule has 0 saturated carbocycles. The molecule has 0 aliphatic carbocycles. The average Bonchev–Trinajstić information content (AvgIpc) is 3.31. The number of likely N-dealkylation sites (tertiary alicyclic amines) is 1. The highest BCUT2D eigenvalue weighted by Gasteiger charge is 2.24. The molecule has 0 unspecified atom stereocenters. The average molecular weight is 353 g/mol. The van der Waals surface area contributed by atoms with Gasteiger partial charge >= 0.3 is 0 Å². The molecule has 1 aliphatic heterocycles. The lowest BCUT2D eigenvalue weighted by Crippen LogP contribution is -2.28. The number of carbonyl (C=O) groups is 1. The maximum absolute atomic E-state index is 12.8. The van der Waals surface area contributed by atoms with Gasteiger partial charge in [-0.05, 0) is 42.8 Å². The van der Waals surface area contributed by atoms with E-state index in [1.165, 1.54) is 11.3 Å². The molecule has 4 heterocycles. The molecule has 0 aromatic carbocycles. The monoisotopic (exact) mass is 353 g/mol. The molecule has 6 nitrogen and oxygen atoms in total. The number of hydrogen-bond donors (Lipinski definition) is 1. The Morgan fingerprint density at radius 3 is 2.92 bits per heavy atom. The zero-order valence-electron chi connectivity index (χ0n) is 14.0. The molecule has 1 amide bonds. The van der Waals surface area contributed by atoms with E-state index in [-0.39, 0.29) is 5.91 Å². The van der Waals surface area contributed by atoms with E-state index in [2.05, 4.69) is 20.3 Å². The minimum absolute atomic E-state index is 0.00737. The van der Waals surface area contributed by atoms with Crippen molar-refractivity contribution in [1.29, 1.82) is 0 Å². The number of nitrogens with zero attached hydrogens (tertiary/aromatic N) is 4. The number of aromatic nitrogens is 3. The topological polar surface area (TPSA) is 71.0 Å². The van der Waals surface area contributed by atoms with Crippen LogP contribution in [0.3, 0.4) is 0 Å². The minimum atomic E-state index is 0.00737. The molecule has 0 bridgehead atoms. The fourth-order valence-electron chi connectivity index (χ4n) is 3.04. The van der Waals surface area contributed by atoms with Crippen LogP contribution in [0.25, 0.3) is 10.2 Å². The molecule has 128 valence electrons. The Morgan fingerprint density at radius 2 is 2.12 bits per heavy atom. The molecule has 1 N–H and O–H groups in total. The molecule has 4 rings (SSSR count). The van der Waals surface area contributed by atoms with E-state index in [9.17, 15) is 4.79 Å². The smallest absolute Gasteiger partial charge is 0.274 e. The van der Waals surface area contributed by atoms with E-state index >= 15 is 0 Å². The van der Waals surface area contributed by atoms with Gasteiger partial charge in [0, 0.05) is 31.5 Å². The number of rotatable bonds is 4. The molecule has 1 saturated heterocycles. The van der Waals surface area contributed by atoms with Crippen LogP contribution < -0.4 is 5.32 Å². The third kappa shape index (κ3) is 3.19. The van der Waals surface area contributed by atoms with Crippen LogP contribution >= 0.6 is 11.3 Å². The van der Waals surface area contributed by atoms with Crippen molar-refractivity contribution in [2.24, 2.45) is 0 Å². The normalized spacial score (nSPS) is 14.2. The van der Waals surface area contributed by atoms with Crippen LogP contribution in [0, 0.1) is 6.92 Å². The Morgan fingerprint density at radius 1 is 1.28 bits per heavy atom.